The van der Waals surface area contributed by atoms with Gasteiger partial charge in [0.1, 0.15) is 5.65 Å². The number of pyridine rings is 1. The largest absolute Gasteiger partial charge is 0.332 e. The van der Waals surface area contributed by atoms with Crippen molar-refractivity contribution in [3.63, 3.8) is 0 Å². The fraction of sp³-hybridized carbons (Fsp3) is 0.125. The van der Waals surface area contributed by atoms with Crippen molar-refractivity contribution in [1.82, 2.24) is 14.1 Å². The highest BCUT2D eigenvalue weighted by Crippen LogP contribution is 2.15. The molecule has 0 aliphatic carbocycles. The molecule has 0 aliphatic rings. The highest BCUT2D eigenvalue weighted by molar-refractivity contribution is 6.04. The Bertz CT molecular complexity index is 1160. The first kappa shape index (κ1) is 17.0. The quantitative estimate of drug-likeness (QED) is 0.546. The number of aryl methyl sites for hydroxylation is 1. The minimum absolute atomic E-state index is 0.127. The number of nitro groups is 1. The van der Waals surface area contributed by atoms with Crippen molar-refractivity contribution in [2.75, 3.05) is 5.32 Å². The fourth-order valence-corrected chi connectivity index (χ4v) is 2.47. The number of carbonyl (C=O) groups excluding carboxylic acids is 1. The van der Waals surface area contributed by atoms with Crippen LogP contribution in [-0.2, 0) is 14.1 Å². The van der Waals surface area contributed by atoms with Gasteiger partial charge in [-0.15, -0.1) is 0 Å². The van der Waals surface area contributed by atoms with E-state index in [-0.39, 0.29) is 28.0 Å². The molecular weight excluding hydrogens is 342 g/mol. The van der Waals surface area contributed by atoms with E-state index in [2.05, 4.69) is 10.3 Å². The molecule has 1 amide bonds. The van der Waals surface area contributed by atoms with Gasteiger partial charge in [-0.25, -0.2) is 9.78 Å². The minimum atomic E-state index is -0.561. The number of hydrogen-bond donors (Lipinski definition) is 1. The Balaban J connectivity index is 1.96. The van der Waals surface area contributed by atoms with Crippen LogP contribution < -0.4 is 16.6 Å². The SMILES string of the molecule is Cn1c(=O)c2cc(NC(=O)c3ccc([N+](=O)[O-])cc3)cnc2n(C)c1=O. The van der Waals surface area contributed by atoms with Crippen LogP contribution in [0.4, 0.5) is 11.4 Å². The number of anilines is 1. The summed E-state index contributed by atoms with van der Waals surface area (Å²) >= 11 is 0. The molecule has 0 radical (unpaired) electrons. The lowest BCUT2D eigenvalue weighted by atomic mass is 10.2. The van der Waals surface area contributed by atoms with Gasteiger partial charge >= 0.3 is 5.69 Å². The Morgan fingerprint density at radius 3 is 2.42 bits per heavy atom. The third-order valence-corrected chi connectivity index (χ3v) is 3.89. The van der Waals surface area contributed by atoms with Crippen molar-refractivity contribution < 1.29 is 9.72 Å². The number of aromatic nitrogens is 3. The molecule has 1 aromatic carbocycles. The van der Waals surface area contributed by atoms with E-state index in [4.69, 9.17) is 0 Å². The van der Waals surface area contributed by atoms with Crippen LogP contribution in [0.1, 0.15) is 10.4 Å². The molecule has 10 nitrogen and oxygen atoms in total. The topological polar surface area (TPSA) is 129 Å². The van der Waals surface area contributed by atoms with E-state index in [0.717, 1.165) is 4.57 Å². The Hall–Kier alpha value is -3.82. The number of benzene rings is 1. The Morgan fingerprint density at radius 2 is 1.81 bits per heavy atom. The van der Waals surface area contributed by atoms with E-state index in [9.17, 15) is 24.5 Å². The number of hydrogen-bond acceptors (Lipinski definition) is 6. The zero-order valence-electron chi connectivity index (χ0n) is 13.8. The zero-order chi connectivity index (χ0) is 19.0. The van der Waals surface area contributed by atoms with Crippen LogP contribution >= 0.6 is 0 Å². The first-order valence-corrected chi connectivity index (χ1v) is 7.41. The number of carbonyl (C=O) groups is 1. The van der Waals surface area contributed by atoms with Crippen molar-refractivity contribution in [3.8, 4) is 0 Å². The van der Waals surface area contributed by atoms with Gasteiger partial charge in [0.2, 0.25) is 0 Å². The summed E-state index contributed by atoms with van der Waals surface area (Å²) in [7, 11) is 2.85. The lowest BCUT2D eigenvalue weighted by Crippen LogP contribution is -2.37. The molecular formula is C16H13N5O5. The van der Waals surface area contributed by atoms with Crippen LogP contribution in [-0.4, -0.2) is 24.9 Å². The summed E-state index contributed by atoms with van der Waals surface area (Å²) in [6, 6.07) is 6.51. The van der Waals surface area contributed by atoms with E-state index < -0.39 is 22.1 Å². The molecule has 0 unspecified atom stereocenters. The Morgan fingerprint density at radius 1 is 1.15 bits per heavy atom. The standard InChI is InChI=1S/C16H13N5O5/c1-19-13-12(15(23)20(2)16(19)24)7-10(8-17-13)18-14(22)9-3-5-11(6-4-9)21(25)26/h3-8H,1-2H3,(H,18,22). The predicted octanol–water partition coefficient (Wildman–Crippen LogP) is 0.793. The average molecular weight is 355 g/mol. The van der Waals surface area contributed by atoms with Crippen molar-refractivity contribution in [3.05, 3.63) is 73.0 Å². The molecule has 2 heterocycles. The molecule has 0 atom stereocenters. The average Bonchev–Trinajstić information content (AvgIpc) is 2.64. The van der Waals surface area contributed by atoms with E-state index in [1.165, 1.54) is 55.2 Å². The van der Waals surface area contributed by atoms with Gasteiger partial charge in [-0.3, -0.25) is 28.8 Å². The van der Waals surface area contributed by atoms with E-state index in [1.807, 2.05) is 0 Å². The van der Waals surface area contributed by atoms with Gasteiger partial charge < -0.3 is 5.32 Å². The molecule has 0 saturated heterocycles. The van der Waals surface area contributed by atoms with Crippen LogP contribution in [0.25, 0.3) is 11.0 Å². The highest BCUT2D eigenvalue weighted by Gasteiger charge is 2.13. The van der Waals surface area contributed by atoms with Crippen molar-refractivity contribution >= 4 is 28.3 Å². The summed E-state index contributed by atoms with van der Waals surface area (Å²) < 4.78 is 2.19. The molecule has 3 aromatic rings. The fourth-order valence-electron chi connectivity index (χ4n) is 2.47. The second kappa shape index (κ2) is 6.24. The number of non-ortho nitro benzene ring substituents is 1. The maximum atomic E-state index is 12.3. The van der Waals surface area contributed by atoms with Gasteiger partial charge in [-0.05, 0) is 18.2 Å². The van der Waals surface area contributed by atoms with Gasteiger partial charge in [0.25, 0.3) is 17.2 Å². The molecule has 10 heteroatoms. The van der Waals surface area contributed by atoms with Crippen LogP contribution in [0.5, 0.6) is 0 Å². The molecule has 0 aliphatic heterocycles. The summed E-state index contributed by atoms with van der Waals surface area (Å²) in [5.74, 6) is -0.511. The first-order chi connectivity index (χ1) is 12.3. The smallest absolute Gasteiger partial charge is 0.321 e. The summed E-state index contributed by atoms with van der Waals surface area (Å²) in [5.41, 5.74) is -0.481. The number of rotatable bonds is 3. The highest BCUT2D eigenvalue weighted by atomic mass is 16.6. The maximum absolute atomic E-state index is 12.3. The molecule has 3 rings (SSSR count). The molecule has 0 bridgehead atoms. The zero-order valence-corrected chi connectivity index (χ0v) is 13.8. The van der Waals surface area contributed by atoms with Gasteiger partial charge in [-0.1, -0.05) is 0 Å². The monoisotopic (exact) mass is 355 g/mol. The molecule has 132 valence electrons. The maximum Gasteiger partial charge on any atom is 0.332 e. The number of fused-ring (bicyclic) bond motifs is 1. The van der Waals surface area contributed by atoms with Crippen LogP contribution in [0.2, 0.25) is 0 Å². The molecule has 26 heavy (non-hydrogen) atoms. The van der Waals surface area contributed by atoms with Crippen LogP contribution in [0.15, 0.2) is 46.1 Å². The summed E-state index contributed by atoms with van der Waals surface area (Å²) in [6.07, 6.45) is 1.32. The van der Waals surface area contributed by atoms with Crippen molar-refractivity contribution in [2.45, 2.75) is 0 Å². The second-order valence-corrected chi connectivity index (χ2v) is 5.56. The summed E-state index contributed by atoms with van der Waals surface area (Å²) in [4.78, 5) is 50.6. The lowest BCUT2D eigenvalue weighted by molar-refractivity contribution is -0.384. The van der Waals surface area contributed by atoms with E-state index in [0.29, 0.717) is 0 Å². The number of nitro benzene ring substituents is 1. The molecule has 0 saturated carbocycles. The molecule has 0 spiro atoms. The van der Waals surface area contributed by atoms with E-state index >= 15 is 0 Å². The molecule has 2 aromatic heterocycles. The Labute approximate surface area is 145 Å². The normalized spacial score (nSPS) is 10.7. The predicted molar refractivity (Wildman–Crippen MR) is 93.3 cm³/mol. The summed E-state index contributed by atoms with van der Waals surface area (Å²) in [5, 5.41) is 13.4. The first-order valence-electron chi connectivity index (χ1n) is 7.41. The third kappa shape index (κ3) is 2.83. The summed E-state index contributed by atoms with van der Waals surface area (Å²) in [6.45, 7) is 0. The number of nitrogens with zero attached hydrogens (tertiary/aromatic N) is 4. The Kier molecular flexibility index (Phi) is 4.08. The number of nitrogens with one attached hydrogen (secondary N) is 1. The minimum Gasteiger partial charge on any atom is -0.321 e. The number of amides is 1. The molecule has 0 fully saturated rings. The van der Waals surface area contributed by atoms with Crippen LogP contribution in [0.3, 0.4) is 0 Å². The third-order valence-electron chi connectivity index (χ3n) is 3.89. The van der Waals surface area contributed by atoms with Gasteiger partial charge in [0.15, 0.2) is 0 Å². The molecule has 1 N–H and O–H groups in total. The van der Waals surface area contributed by atoms with Crippen LogP contribution in [0, 0.1) is 10.1 Å². The second-order valence-electron chi connectivity index (χ2n) is 5.56. The van der Waals surface area contributed by atoms with E-state index in [1.54, 1.807) is 0 Å². The van der Waals surface area contributed by atoms with Crippen molar-refractivity contribution in [2.24, 2.45) is 14.1 Å². The lowest BCUT2D eigenvalue weighted by Gasteiger charge is -2.09. The van der Waals surface area contributed by atoms with Crippen molar-refractivity contribution in [1.29, 1.82) is 0 Å². The van der Waals surface area contributed by atoms with Gasteiger partial charge in [0, 0.05) is 31.8 Å². The van der Waals surface area contributed by atoms with Gasteiger partial charge in [-0.2, -0.15) is 0 Å². The van der Waals surface area contributed by atoms with Gasteiger partial charge in [0.05, 0.1) is 22.2 Å².